The van der Waals surface area contributed by atoms with E-state index in [9.17, 15) is 4.39 Å². The maximum Gasteiger partial charge on any atom is 0.204 e. The van der Waals surface area contributed by atoms with Crippen LogP contribution >= 0.6 is 0 Å². The van der Waals surface area contributed by atoms with Gasteiger partial charge in [0.15, 0.2) is 0 Å². The standard InChI is InChI=1S/C12H17FN4/c1-9-4-2-3-7-16(9)12(15)17-8-10(13)5-6-11(17)14/h5-6,8-9,14-15H,2-4,7H2,1H3/t9-/m0/s1. The molecule has 0 amide bonds. The Morgan fingerprint density at radius 3 is 2.88 bits per heavy atom. The molecule has 0 saturated carbocycles. The molecule has 5 heteroatoms. The second kappa shape index (κ2) is 4.69. The molecule has 2 rings (SSSR count). The first-order valence-corrected chi connectivity index (χ1v) is 5.88. The summed E-state index contributed by atoms with van der Waals surface area (Å²) in [5.41, 5.74) is 0.133. The molecule has 0 spiro atoms. The molecule has 0 radical (unpaired) electrons. The summed E-state index contributed by atoms with van der Waals surface area (Å²) in [6.07, 6.45) is 4.47. The van der Waals surface area contributed by atoms with E-state index < -0.39 is 5.82 Å². The van der Waals surface area contributed by atoms with E-state index in [1.54, 1.807) is 0 Å². The third-order valence-electron chi connectivity index (χ3n) is 3.22. The van der Waals surface area contributed by atoms with Crippen molar-refractivity contribution in [2.24, 2.45) is 0 Å². The predicted molar refractivity (Wildman–Crippen MR) is 63.4 cm³/mol. The van der Waals surface area contributed by atoms with E-state index in [-0.39, 0.29) is 17.5 Å². The Labute approximate surface area is 99.7 Å². The largest absolute Gasteiger partial charge is 0.340 e. The number of halogens is 1. The summed E-state index contributed by atoms with van der Waals surface area (Å²) in [5, 5.41) is 15.8. The fraction of sp³-hybridized carbons (Fsp3) is 0.500. The normalized spacial score (nSPS) is 20.4. The Bertz CT molecular complexity index is 480. The van der Waals surface area contributed by atoms with Gasteiger partial charge in [-0.2, -0.15) is 0 Å². The molecule has 4 nitrogen and oxygen atoms in total. The summed E-state index contributed by atoms with van der Waals surface area (Å²) in [6, 6.07) is 2.90. The van der Waals surface area contributed by atoms with Crippen LogP contribution in [0.4, 0.5) is 4.39 Å². The topological polar surface area (TPSA) is 55.9 Å². The number of rotatable bonds is 0. The lowest BCUT2D eigenvalue weighted by molar-refractivity contribution is 0.249. The molecule has 1 aromatic rings. The first-order chi connectivity index (χ1) is 8.09. The predicted octanol–water partition coefficient (Wildman–Crippen LogP) is 1.76. The molecule has 17 heavy (non-hydrogen) atoms. The summed E-state index contributed by atoms with van der Waals surface area (Å²) >= 11 is 0. The van der Waals surface area contributed by atoms with Crippen molar-refractivity contribution in [2.75, 3.05) is 6.54 Å². The van der Waals surface area contributed by atoms with Crippen molar-refractivity contribution in [3.63, 3.8) is 0 Å². The van der Waals surface area contributed by atoms with Crippen LogP contribution in [0.25, 0.3) is 0 Å². The molecule has 1 aromatic heterocycles. The van der Waals surface area contributed by atoms with Gasteiger partial charge < -0.3 is 4.90 Å². The van der Waals surface area contributed by atoms with Gasteiger partial charge in [-0.3, -0.25) is 15.4 Å². The monoisotopic (exact) mass is 236 g/mol. The van der Waals surface area contributed by atoms with Gasteiger partial charge in [-0.1, -0.05) is 0 Å². The number of piperidine rings is 1. The number of pyridine rings is 1. The number of nitrogens with one attached hydrogen (secondary N) is 2. The van der Waals surface area contributed by atoms with E-state index in [2.05, 4.69) is 6.92 Å². The Kier molecular flexibility index (Phi) is 3.26. The van der Waals surface area contributed by atoms with Gasteiger partial charge in [-0.15, -0.1) is 0 Å². The zero-order valence-electron chi connectivity index (χ0n) is 9.91. The zero-order valence-corrected chi connectivity index (χ0v) is 9.91. The van der Waals surface area contributed by atoms with E-state index >= 15 is 0 Å². The van der Waals surface area contributed by atoms with Gasteiger partial charge in [-0.05, 0) is 38.3 Å². The number of hydrogen-bond donors (Lipinski definition) is 2. The van der Waals surface area contributed by atoms with E-state index in [4.69, 9.17) is 10.8 Å². The highest BCUT2D eigenvalue weighted by molar-refractivity contribution is 5.79. The minimum Gasteiger partial charge on any atom is -0.340 e. The lowest BCUT2D eigenvalue weighted by atomic mass is 10.0. The van der Waals surface area contributed by atoms with Crippen molar-refractivity contribution < 1.29 is 4.39 Å². The SMILES string of the molecule is C[C@H]1CCCCN1C(=N)n1cc(F)ccc1=N. The Morgan fingerprint density at radius 1 is 1.41 bits per heavy atom. The second-order valence-electron chi connectivity index (χ2n) is 4.46. The van der Waals surface area contributed by atoms with Gasteiger partial charge in [0.1, 0.15) is 11.3 Å². The molecule has 1 aliphatic heterocycles. The Morgan fingerprint density at radius 2 is 2.18 bits per heavy atom. The summed E-state index contributed by atoms with van der Waals surface area (Å²) in [6.45, 7) is 2.88. The Balaban J connectivity index is 2.30. The van der Waals surface area contributed by atoms with Crippen LogP contribution in [0.3, 0.4) is 0 Å². The second-order valence-corrected chi connectivity index (χ2v) is 4.46. The molecule has 0 unspecified atom stereocenters. The minimum absolute atomic E-state index is 0.133. The molecule has 0 aromatic carbocycles. The lowest BCUT2D eigenvalue weighted by Gasteiger charge is -2.35. The summed E-state index contributed by atoms with van der Waals surface area (Å²) in [7, 11) is 0. The molecule has 0 bridgehead atoms. The number of aromatic nitrogens is 1. The first-order valence-electron chi connectivity index (χ1n) is 5.88. The highest BCUT2D eigenvalue weighted by Crippen LogP contribution is 2.16. The highest BCUT2D eigenvalue weighted by Gasteiger charge is 2.21. The van der Waals surface area contributed by atoms with Crippen LogP contribution in [0.5, 0.6) is 0 Å². The summed E-state index contributed by atoms with van der Waals surface area (Å²) in [5.74, 6) is -0.225. The molecule has 0 aliphatic carbocycles. The fourth-order valence-corrected chi connectivity index (χ4v) is 2.20. The van der Waals surface area contributed by atoms with Crippen molar-refractivity contribution in [1.82, 2.24) is 9.47 Å². The maximum atomic E-state index is 13.2. The first kappa shape index (κ1) is 11.8. The van der Waals surface area contributed by atoms with Gasteiger partial charge >= 0.3 is 0 Å². The molecular weight excluding hydrogens is 219 g/mol. The van der Waals surface area contributed by atoms with E-state index in [1.807, 2.05) is 4.90 Å². The van der Waals surface area contributed by atoms with E-state index in [0.717, 1.165) is 19.4 Å². The number of nitrogens with zero attached hydrogens (tertiary/aromatic N) is 2. The smallest absolute Gasteiger partial charge is 0.204 e. The maximum absolute atomic E-state index is 13.2. The number of likely N-dealkylation sites (tertiary alicyclic amines) is 1. The van der Waals surface area contributed by atoms with E-state index in [0.29, 0.717) is 0 Å². The molecule has 1 fully saturated rings. The van der Waals surface area contributed by atoms with Crippen LogP contribution in [0, 0.1) is 16.6 Å². The van der Waals surface area contributed by atoms with Crippen molar-refractivity contribution in [1.29, 1.82) is 10.8 Å². The van der Waals surface area contributed by atoms with Crippen LogP contribution in [-0.2, 0) is 0 Å². The van der Waals surface area contributed by atoms with Crippen LogP contribution in [0.15, 0.2) is 18.3 Å². The lowest BCUT2D eigenvalue weighted by Crippen LogP contribution is -2.47. The van der Waals surface area contributed by atoms with Gasteiger partial charge in [0.25, 0.3) is 0 Å². The van der Waals surface area contributed by atoms with E-state index in [1.165, 1.54) is 29.3 Å². The fourth-order valence-electron chi connectivity index (χ4n) is 2.20. The molecular formula is C12H17FN4. The van der Waals surface area contributed by atoms with Crippen molar-refractivity contribution in [2.45, 2.75) is 32.2 Å². The van der Waals surface area contributed by atoms with Crippen LogP contribution in [0.1, 0.15) is 26.2 Å². The highest BCUT2D eigenvalue weighted by atomic mass is 19.1. The Hall–Kier alpha value is -1.65. The van der Waals surface area contributed by atoms with Gasteiger partial charge in [-0.25, -0.2) is 4.39 Å². The van der Waals surface area contributed by atoms with Crippen molar-refractivity contribution in [3.05, 3.63) is 29.6 Å². The molecule has 2 heterocycles. The quantitative estimate of drug-likeness (QED) is 0.523. The third-order valence-corrected chi connectivity index (χ3v) is 3.22. The average Bonchev–Trinajstić information content (AvgIpc) is 2.32. The molecule has 92 valence electrons. The van der Waals surface area contributed by atoms with Gasteiger partial charge in [0, 0.05) is 18.8 Å². The number of hydrogen-bond acceptors (Lipinski definition) is 2. The van der Waals surface area contributed by atoms with Crippen LogP contribution in [0.2, 0.25) is 0 Å². The molecule has 1 atom stereocenters. The molecule has 2 N–H and O–H groups in total. The third kappa shape index (κ3) is 2.38. The van der Waals surface area contributed by atoms with Crippen LogP contribution < -0.4 is 5.49 Å². The molecule has 1 saturated heterocycles. The zero-order chi connectivity index (χ0) is 12.4. The van der Waals surface area contributed by atoms with Crippen molar-refractivity contribution >= 4 is 5.96 Å². The van der Waals surface area contributed by atoms with Crippen molar-refractivity contribution in [3.8, 4) is 0 Å². The molecule has 1 aliphatic rings. The van der Waals surface area contributed by atoms with Crippen LogP contribution in [-0.4, -0.2) is 28.0 Å². The minimum atomic E-state index is -0.421. The average molecular weight is 236 g/mol. The summed E-state index contributed by atoms with van der Waals surface area (Å²) < 4.78 is 14.4. The van der Waals surface area contributed by atoms with Gasteiger partial charge in [0.05, 0.1) is 0 Å². The summed E-state index contributed by atoms with van der Waals surface area (Å²) in [4.78, 5) is 1.93. The van der Waals surface area contributed by atoms with Gasteiger partial charge in [0.2, 0.25) is 5.96 Å².